The number of ether oxygens (including phenoxy) is 1. The van der Waals surface area contributed by atoms with Gasteiger partial charge in [-0.05, 0) is 18.2 Å². The monoisotopic (exact) mass is 233 g/mol. The van der Waals surface area contributed by atoms with Gasteiger partial charge in [-0.3, -0.25) is 9.78 Å². The molecule has 0 unspecified atom stereocenters. The fourth-order valence-electron chi connectivity index (χ4n) is 1.89. The summed E-state index contributed by atoms with van der Waals surface area (Å²) in [5.41, 5.74) is -1.54. The number of rotatable bonds is 1. The van der Waals surface area contributed by atoms with E-state index in [2.05, 4.69) is 0 Å². The van der Waals surface area contributed by atoms with Crippen LogP contribution in [0.25, 0.3) is 10.9 Å². The number of hydrogen-bond acceptors (Lipinski definition) is 4. The summed E-state index contributed by atoms with van der Waals surface area (Å²) in [5, 5.41) is 0.271. The number of nitrogens with zero attached hydrogens (tertiary/aromatic N) is 2. The van der Waals surface area contributed by atoms with Crippen LogP contribution in [0, 0.1) is 0 Å². The largest absolute Gasteiger partial charge is 0.497 e. The Bertz CT molecular complexity index is 886. The highest BCUT2D eigenvalue weighted by atomic mass is 16.5. The Morgan fingerprint density at radius 1 is 1.12 bits per heavy atom. The van der Waals surface area contributed by atoms with E-state index in [1.165, 1.54) is 13.2 Å². The van der Waals surface area contributed by atoms with Gasteiger partial charge in [0.1, 0.15) is 5.75 Å². The minimum atomic E-state index is -0.741. The number of nitrogens with one attached hydrogen (secondary N) is 1. The number of hydrogen-bond donors (Lipinski definition) is 1. The Morgan fingerprint density at radius 3 is 2.53 bits per heavy atom. The summed E-state index contributed by atoms with van der Waals surface area (Å²) < 4.78 is 6.77. The molecule has 0 saturated heterocycles. The summed E-state index contributed by atoms with van der Waals surface area (Å²) in [6, 6.07) is 4.67. The van der Waals surface area contributed by atoms with Crippen LogP contribution >= 0.6 is 0 Å². The molecule has 0 atom stereocenters. The van der Waals surface area contributed by atoms with Crippen molar-refractivity contribution in [1.29, 1.82) is 0 Å². The van der Waals surface area contributed by atoms with Gasteiger partial charge in [0.15, 0.2) is 0 Å². The standard InChI is InChI=1S/C10H7N3O4/c1-17-5-2-3-7-6(4-5)8(14)13-10(16)11-9(15)12(7)13/h2-4H,1H3,(H,11,15,16). The Balaban J connectivity index is 2.69. The topological polar surface area (TPSA) is 85.0 Å². The Labute approximate surface area is 92.8 Å². The minimum absolute atomic E-state index is 0.271. The highest BCUT2D eigenvalue weighted by molar-refractivity contribution is 5.80. The molecule has 0 fully saturated rings. The van der Waals surface area contributed by atoms with Crippen LogP contribution in [0.15, 0.2) is 32.6 Å². The predicted octanol–water partition coefficient (Wildman–Crippen LogP) is -0.953. The molecule has 0 bridgehead atoms. The van der Waals surface area contributed by atoms with Crippen LogP contribution in [0.4, 0.5) is 0 Å². The first-order valence-electron chi connectivity index (χ1n) is 4.81. The van der Waals surface area contributed by atoms with Crippen molar-refractivity contribution in [1.82, 2.24) is 14.0 Å². The van der Waals surface area contributed by atoms with E-state index < -0.39 is 16.9 Å². The van der Waals surface area contributed by atoms with Crippen LogP contribution < -0.4 is 21.7 Å². The van der Waals surface area contributed by atoms with Crippen LogP contribution in [0.2, 0.25) is 0 Å². The molecule has 0 aliphatic heterocycles. The van der Waals surface area contributed by atoms with E-state index in [4.69, 9.17) is 4.74 Å². The molecule has 86 valence electrons. The molecule has 0 amide bonds. The first-order chi connectivity index (χ1) is 8.13. The Kier molecular flexibility index (Phi) is 1.68. The molecule has 1 aromatic carbocycles. The number of aromatic nitrogens is 3. The zero-order chi connectivity index (χ0) is 12.2. The fraction of sp³-hybridized carbons (Fsp3) is 0.100. The molecule has 0 aliphatic rings. The summed E-state index contributed by atoms with van der Waals surface area (Å²) in [6.07, 6.45) is 0. The average molecular weight is 233 g/mol. The third-order valence-corrected chi connectivity index (χ3v) is 2.65. The Hall–Kier alpha value is -2.57. The molecule has 2 aromatic heterocycles. The summed E-state index contributed by atoms with van der Waals surface area (Å²) in [6.45, 7) is 0. The van der Waals surface area contributed by atoms with E-state index in [0.29, 0.717) is 11.3 Å². The zero-order valence-corrected chi connectivity index (χ0v) is 8.76. The van der Waals surface area contributed by atoms with Gasteiger partial charge in [0.25, 0.3) is 5.56 Å². The second kappa shape index (κ2) is 2.97. The van der Waals surface area contributed by atoms with Crippen molar-refractivity contribution in [2.45, 2.75) is 0 Å². The van der Waals surface area contributed by atoms with Crippen LogP contribution in [0.1, 0.15) is 0 Å². The van der Waals surface area contributed by atoms with Crippen molar-refractivity contribution in [2.24, 2.45) is 0 Å². The highest BCUT2D eigenvalue weighted by Crippen LogP contribution is 2.16. The molecule has 7 nitrogen and oxygen atoms in total. The van der Waals surface area contributed by atoms with Gasteiger partial charge in [0.05, 0.1) is 18.0 Å². The van der Waals surface area contributed by atoms with E-state index in [0.717, 1.165) is 9.03 Å². The minimum Gasteiger partial charge on any atom is -0.497 e. The highest BCUT2D eigenvalue weighted by Gasteiger charge is 2.15. The lowest BCUT2D eigenvalue weighted by molar-refractivity contribution is 0.415. The van der Waals surface area contributed by atoms with Gasteiger partial charge in [-0.2, -0.15) is 9.03 Å². The Morgan fingerprint density at radius 2 is 1.82 bits per heavy atom. The van der Waals surface area contributed by atoms with E-state index in [-0.39, 0.29) is 5.39 Å². The van der Waals surface area contributed by atoms with Crippen LogP contribution in [-0.2, 0) is 0 Å². The maximum absolute atomic E-state index is 11.9. The smallest absolute Gasteiger partial charge is 0.352 e. The van der Waals surface area contributed by atoms with Gasteiger partial charge in [-0.1, -0.05) is 0 Å². The van der Waals surface area contributed by atoms with Gasteiger partial charge >= 0.3 is 11.4 Å². The molecule has 17 heavy (non-hydrogen) atoms. The third kappa shape index (κ3) is 1.07. The number of methoxy groups -OCH3 is 1. The predicted molar refractivity (Wildman–Crippen MR) is 59.3 cm³/mol. The number of aromatic amines is 1. The number of benzene rings is 1. The molecular formula is C10H7N3O4. The van der Waals surface area contributed by atoms with Crippen LogP contribution in [-0.4, -0.2) is 21.1 Å². The van der Waals surface area contributed by atoms with Crippen molar-refractivity contribution >= 4 is 10.9 Å². The average Bonchev–Trinajstić information content (AvgIpc) is 2.77. The normalized spacial score (nSPS) is 11.4. The molecule has 1 N–H and O–H groups in total. The number of fused-ring (bicyclic) bond motifs is 3. The van der Waals surface area contributed by atoms with Crippen molar-refractivity contribution < 1.29 is 4.74 Å². The molecule has 0 aliphatic carbocycles. The molecule has 0 radical (unpaired) electrons. The van der Waals surface area contributed by atoms with E-state index in [1.807, 2.05) is 4.98 Å². The van der Waals surface area contributed by atoms with Crippen molar-refractivity contribution in [2.75, 3.05) is 7.11 Å². The summed E-state index contributed by atoms with van der Waals surface area (Å²) >= 11 is 0. The molecule has 7 heteroatoms. The fourth-order valence-corrected chi connectivity index (χ4v) is 1.89. The van der Waals surface area contributed by atoms with Crippen molar-refractivity contribution in [3.05, 3.63) is 49.5 Å². The summed E-state index contributed by atoms with van der Waals surface area (Å²) in [7, 11) is 1.47. The molecule has 0 spiro atoms. The molecular weight excluding hydrogens is 226 g/mol. The van der Waals surface area contributed by atoms with Crippen molar-refractivity contribution in [3.8, 4) is 5.75 Å². The van der Waals surface area contributed by atoms with Crippen molar-refractivity contribution in [3.63, 3.8) is 0 Å². The second-order valence-electron chi connectivity index (χ2n) is 3.55. The first kappa shape index (κ1) is 9.64. The molecule has 3 aromatic rings. The summed E-state index contributed by atoms with van der Waals surface area (Å²) in [4.78, 5) is 36.9. The first-order valence-corrected chi connectivity index (χ1v) is 4.81. The van der Waals surface area contributed by atoms with Gasteiger partial charge in [-0.15, -0.1) is 0 Å². The lowest BCUT2D eigenvalue weighted by Crippen LogP contribution is -2.22. The quantitative estimate of drug-likeness (QED) is 0.587. The van der Waals surface area contributed by atoms with E-state index >= 15 is 0 Å². The van der Waals surface area contributed by atoms with E-state index in [9.17, 15) is 14.4 Å². The maximum Gasteiger partial charge on any atom is 0.352 e. The van der Waals surface area contributed by atoms with Crippen LogP contribution in [0.3, 0.4) is 0 Å². The van der Waals surface area contributed by atoms with Gasteiger partial charge in [0.2, 0.25) is 0 Å². The van der Waals surface area contributed by atoms with E-state index in [1.54, 1.807) is 12.1 Å². The number of H-pyrrole nitrogens is 1. The molecule has 0 saturated carbocycles. The maximum atomic E-state index is 11.9. The summed E-state index contributed by atoms with van der Waals surface area (Å²) in [5.74, 6) is 0.493. The molecule has 3 rings (SSSR count). The van der Waals surface area contributed by atoms with Gasteiger partial charge < -0.3 is 4.74 Å². The van der Waals surface area contributed by atoms with Gasteiger partial charge in [0, 0.05) is 0 Å². The lowest BCUT2D eigenvalue weighted by Gasteiger charge is -1.97. The zero-order valence-electron chi connectivity index (χ0n) is 8.76. The SMILES string of the molecule is COc1ccc2c(c1)c(=O)n1c(=O)[nH]c(=O)n21. The van der Waals surface area contributed by atoms with Gasteiger partial charge in [-0.25, -0.2) is 9.59 Å². The molecule has 2 heterocycles. The third-order valence-electron chi connectivity index (χ3n) is 2.65. The second-order valence-corrected chi connectivity index (χ2v) is 3.55. The lowest BCUT2D eigenvalue weighted by atomic mass is 10.2. The van der Waals surface area contributed by atoms with Crippen LogP contribution in [0.5, 0.6) is 5.75 Å².